The lowest BCUT2D eigenvalue weighted by Crippen LogP contribution is -2.32. The van der Waals surface area contributed by atoms with Gasteiger partial charge in [0, 0.05) is 30.0 Å². The second-order valence-electron chi connectivity index (χ2n) is 5.80. The Morgan fingerprint density at radius 1 is 1.04 bits per heavy atom. The van der Waals surface area contributed by atoms with E-state index in [0.29, 0.717) is 6.54 Å². The van der Waals surface area contributed by atoms with Gasteiger partial charge in [0.1, 0.15) is 10.7 Å². The van der Waals surface area contributed by atoms with Crippen molar-refractivity contribution in [3.05, 3.63) is 66.2 Å². The van der Waals surface area contributed by atoms with Gasteiger partial charge in [0.15, 0.2) is 0 Å². The summed E-state index contributed by atoms with van der Waals surface area (Å²) < 4.78 is 0. The Balaban J connectivity index is 1.53. The van der Waals surface area contributed by atoms with Gasteiger partial charge in [-0.3, -0.25) is 4.79 Å². The molecule has 134 valence electrons. The predicted octanol–water partition coefficient (Wildman–Crippen LogP) is 4.12. The standard InChI is InChI=1S/C20H22N4OS/c1-2-24(20(25)17-12-7-4-8-13-17)14-9-15-26-19-18(21-23-22-19)16-10-5-3-6-11-16/h3-8,10-13H,2,9,14-15H2,1H3,(H,21,22,23). The maximum Gasteiger partial charge on any atom is 0.253 e. The molecular weight excluding hydrogens is 344 g/mol. The summed E-state index contributed by atoms with van der Waals surface area (Å²) in [4.78, 5) is 14.4. The van der Waals surface area contributed by atoms with Crippen molar-refractivity contribution >= 4 is 17.7 Å². The van der Waals surface area contributed by atoms with Crippen molar-refractivity contribution in [3.8, 4) is 11.3 Å². The number of carbonyl (C=O) groups excluding carboxylic acids is 1. The van der Waals surface area contributed by atoms with Crippen LogP contribution in [0, 0.1) is 0 Å². The third-order valence-corrected chi connectivity index (χ3v) is 5.11. The van der Waals surface area contributed by atoms with Gasteiger partial charge >= 0.3 is 0 Å². The van der Waals surface area contributed by atoms with E-state index in [-0.39, 0.29) is 5.91 Å². The number of hydrogen-bond acceptors (Lipinski definition) is 4. The van der Waals surface area contributed by atoms with Gasteiger partial charge in [-0.1, -0.05) is 48.5 Å². The summed E-state index contributed by atoms with van der Waals surface area (Å²) in [5.41, 5.74) is 2.67. The van der Waals surface area contributed by atoms with Crippen LogP contribution in [0.1, 0.15) is 23.7 Å². The van der Waals surface area contributed by atoms with Crippen molar-refractivity contribution in [2.24, 2.45) is 0 Å². The van der Waals surface area contributed by atoms with Crippen LogP contribution in [-0.2, 0) is 0 Å². The lowest BCUT2D eigenvalue weighted by atomic mass is 10.2. The van der Waals surface area contributed by atoms with E-state index in [0.717, 1.165) is 40.6 Å². The fourth-order valence-electron chi connectivity index (χ4n) is 2.70. The summed E-state index contributed by atoms with van der Waals surface area (Å²) in [7, 11) is 0. The molecule has 0 fully saturated rings. The summed E-state index contributed by atoms with van der Waals surface area (Å²) in [5, 5.41) is 12.1. The summed E-state index contributed by atoms with van der Waals surface area (Å²) in [6.45, 7) is 3.45. The Labute approximate surface area is 157 Å². The number of carbonyl (C=O) groups is 1. The highest BCUT2D eigenvalue weighted by molar-refractivity contribution is 7.99. The summed E-state index contributed by atoms with van der Waals surface area (Å²) in [5.74, 6) is 0.967. The van der Waals surface area contributed by atoms with E-state index in [2.05, 4.69) is 15.4 Å². The van der Waals surface area contributed by atoms with Crippen molar-refractivity contribution in [2.45, 2.75) is 18.4 Å². The van der Waals surface area contributed by atoms with Gasteiger partial charge in [-0.05, 0) is 25.5 Å². The van der Waals surface area contributed by atoms with Crippen LogP contribution in [0.2, 0.25) is 0 Å². The molecule has 0 saturated carbocycles. The van der Waals surface area contributed by atoms with Gasteiger partial charge in [0.25, 0.3) is 5.91 Å². The lowest BCUT2D eigenvalue weighted by Gasteiger charge is -2.20. The molecular formula is C20H22N4OS. The molecule has 1 aromatic heterocycles. The number of rotatable bonds is 8. The Morgan fingerprint density at radius 2 is 1.73 bits per heavy atom. The summed E-state index contributed by atoms with van der Waals surface area (Å²) >= 11 is 1.67. The van der Waals surface area contributed by atoms with Crippen LogP contribution < -0.4 is 0 Å². The fourth-order valence-corrected chi connectivity index (χ4v) is 3.57. The van der Waals surface area contributed by atoms with Crippen LogP contribution in [0.3, 0.4) is 0 Å². The molecule has 3 aromatic rings. The van der Waals surface area contributed by atoms with Gasteiger partial charge in [-0.25, -0.2) is 0 Å². The maximum absolute atomic E-state index is 12.5. The number of H-pyrrole nitrogens is 1. The number of aromatic amines is 1. The van der Waals surface area contributed by atoms with E-state index in [1.807, 2.05) is 72.5 Å². The third kappa shape index (κ3) is 4.52. The number of nitrogens with zero attached hydrogens (tertiary/aromatic N) is 3. The number of aromatic nitrogens is 3. The van der Waals surface area contributed by atoms with Crippen molar-refractivity contribution in [2.75, 3.05) is 18.8 Å². The van der Waals surface area contributed by atoms with E-state index in [1.54, 1.807) is 11.8 Å². The van der Waals surface area contributed by atoms with Crippen LogP contribution in [0.15, 0.2) is 65.7 Å². The van der Waals surface area contributed by atoms with Gasteiger partial charge in [-0.15, -0.1) is 16.9 Å². The maximum atomic E-state index is 12.5. The lowest BCUT2D eigenvalue weighted by molar-refractivity contribution is 0.0765. The smallest absolute Gasteiger partial charge is 0.253 e. The van der Waals surface area contributed by atoms with Gasteiger partial charge in [0.2, 0.25) is 0 Å². The second kappa shape index (κ2) is 9.20. The average Bonchev–Trinajstić information content (AvgIpc) is 3.17. The average molecular weight is 366 g/mol. The summed E-state index contributed by atoms with van der Waals surface area (Å²) in [6.07, 6.45) is 0.901. The largest absolute Gasteiger partial charge is 0.339 e. The topological polar surface area (TPSA) is 61.9 Å². The van der Waals surface area contributed by atoms with Crippen LogP contribution >= 0.6 is 11.8 Å². The number of thioether (sulfide) groups is 1. The van der Waals surface area contributed by atoms with Crippen molar-refractivity contribution < 1.29 is 4.79 Å². The van der Waals surface area contributed by atoms with Crippen LogP contribution in [0.5, 0.6) is 0 Å². The third-order valence-electron chi connectivity index (χ3n) is 4.06. The molecule has 2 aromatic carbocycles. The molecule has 1 N–H and O–H groups in total. The van der Waals surface area contributed by atoms with E-state index in [9.17, 15) is 4.79 Å². The van der Waals surface area contributed by atoms with Crippen molar-refractivity contribution in [3.63, 3.8) is 0 Å². The molecule has 3 rings (SSSR count). The molecule has 1 amide bonds. The highest BCUT2D eigenvalue weighted by atomic mass is 32.2. The first-order valence-electron chi connectivity index (χ1n) is 8.73. The molecule has 0 aliphatic carbocycles. The monoisotopic (exact) mass is 366 g/mol. The normalized spacial score (nSPS) is 10.7. The molecule has 0 atom stereocenters. The minimum absolute atomic E-state index is 0.0875. The van der Waals surface area contributed by atoms with Gasteiger partial charge in [0.05, 0.1) is 0 Å². The quantitative estimate of drug-likeness (QED) is 0.481. The van der Waals surface area contributed by atoms with Crippen LogP contribution in [0.4, 0.5) is 0 Å². The first-order valence-corrected chi connectivity index (χ1v) is 9.71. The predicted molar refractivity (Wildman–Crippen MR) is 105 cm³/mol. The Hall–Kier alpha value is -2.60. The zero-order chi connectivity index (χ0) is 18.2. The molecule has 0 bridgehead atoms. The molecule has 1 heterocycles. The molecule has 0 unspecified atom stereocenters. The minimum atomic E-state index is 0.0875. The highest BCUT2D eigenvalue weighted by Gasteiger charge is 2.14. The van der Waals surface area contributed by atoms with Crippen LogP contribution in [0.25, 0.3) is 11.3 Å². The molecule has 0 saturated heterocycles. The van der Waals surface area contributed by atoms with E-state index in [4.69, 9.17) is 0 Å². The zero-order valence-electron chi connectivity index (χ0n) is 14.8. The molecule has 6 heteroatoms. The van der Waals surface area contributed by atoms with E-state index < -0.39 is 0 Å². The molecule has 0 spiro atoms. The molecule has 0 aliphatic heterocycles. The SMILES string of the molecule is CCN(CCCSc1n[nH]nc1-c1ccccc1)C(=O)c1ccccc1. The highest BCUT2D eigenvalue weighted by Crippen LogP contribution is 2.27. The number of benzene rings is 2. The minimum Gasteiger partial charge on any atom is -0.339 e. The second-order valence-corrected chi connectivity index (χ2v) is 6.88. The Bertz CT molecular complexity index is 820. The summed E-state index contributed by atoms with van der Waals surface area (Å²) in [6, 6.07) is 19.5. The van der Waals surface area contributed by atoms with Crippen LogP contribution in [-0.4, -0.2) is 45.1 Å². The molecule has 0 radical (unpaired) electrons. The van der Waals surface area contributed by atoms with E-state index >= 15 is 0 Å². The molecule has 0 aliphatic rings. The van der Waals surface area contributed by atoms with Crippen molar-refractivity contribution in [1.82, 2.24) is 20.3 Å². The molecule has 26 heavy (non-hydrogen) atoms. The molecule has 5 nitrogen and oxygen atoms in total. The Morgan fingerprint density at radius 3 is 2.42 bits per heavy atom. The number of hydrogen-bond donors (Lipinski definition) is 1. The number of nitrogens with one attached hydrogen (secondary N) is 1. The first kappa shape index (κ1) is 18.2. The van der Waals surface area contributed by atoms with Crippen molar-refractivity contribution in [1.29, 1.82) is 0 Å². The Kier molecular flexibility index (Phi) is 6.44. The number of amides is 1. The van der Waals surface area contributed by atoms with E-state index in [1.165, 1.54) is 0 Å². The fraction of sp³-hybridized carbons (Fsp3) is 0.250. The van der Waals surface area contributed by atoms with Gasteiger partial charge < -0.3 is 4.90 Å². The van der Waals surface area contributed by atoms with Gasteiger partial charge in [-0.2, -0.15) is 10.3 Å². The first-order chi connectivity index (χ1) is 12.8. The zero-order valence-corrected chi connectivity index (χ0v) is 15.6.